The van der Waals surface area contributed by atoms with Gasteiger partial charge in [-0.05, 0) is 42.0 Å². The van der Waals surface area contributed by atoms with Crippen molar-refractivity contribution in [3.63, 3.8) is 0 Å². The Bertz CT molecular complexity index is 1280. The summed E-state index contributed by atoms with van der Waals surface area (Å²) < 4.78 is 35.4. The van der Waals surface area contributed by atoms with Gasteiger partial charge in [0.2, 0.25) is 0 Å². The minimum absolute atomic E-state index is 0.0228. The second-order valence-electron chi connectivity index (χ2n) is 6.27. The highest BCUT2D eigenvalue weighted by atomic mass is 32.2. The molecule has 0 aliphatic heterocycles. The molecule has 0 saturated carbocycles. The van der Waals surface area contributed by atoms with E-state index in [9.17, 15) is 23.3 Å². The Morgan fingerprint density at radius 1 is 1.03 bits per heavy atom. The van der Waals surface area contributed by atoms with Crippen molar-refractivity contribution in [2.45, 2.75) is 4.90 Å². The molecule has 32 heavy (non-hydrogen) atoms. The van der Waals surface area contributed by atoms with Gasteiger partial charge in [-0.15, -0.1) is 0 Å². The molecule has 0 aromatic heterocycles. The molecule has 0 radical (unpaired) electrons. The van der Waals surface area contributed by atoms with Crippen LogP contribution in [-0.4, -0.2) is 32.6 Å². The molecule has 3 aromatic rings. The van der Waals surface area contributed by atoms with Crippen molar-refractivity contribution in [2.75, 3.05) is 7.11 Å². The second-order valence-corrected chi connectivity index (χ2v) is 7.81. The SMILES string of the molecule is COc1ccc(/C=N\NC(=O)c2cccc([N+](=O)[O-])c2)cc1OS(=O)(=O)c1ccccc1. The Hall–Kier alpha value is -4.25. The van der Waals surface area contributed by atoms with E-state index in [-0.39, 0.29) is 27.6 Å². The lowest BCUT2D eigenvalue weighted by molar-refractivity contribution is -0.384. The molecular weight excluding hydrogens is 438 g/mol. The van der Waals surface area contributed by atoms with E-state index in [2.05, 4.69) is 10.5 Å². The molecule has 3 rings (SSSR count). The average molecular weight is 455 g/mol. The number of nitrogens with one attached hydrogen (secondary N) is 1. The smallest absolute Gasteiger partial charge is 0.339 e. The summed E-state index contributed by atoms with van der Waals surface area (Å²) in [4.78, 5) is 22.3. The Kier molecular flexibility index (Phi) is 6.80. The number of nitro groups is 1. The molecule has 0 unspecified atom stereocenters. The van der Waals surface area contributed by atoms with Gasteiger partial charge >= 0.3 is 10.1 Å². The predicted molar refractivity (Wildman–Crippen MR) is 115 cm³/mol. The Morgan fingerprint density at radius 3 is 2.47 bits per heavy atom. The number of carbonyl (C=O) groups excluding carboxylic acids is 1. The van der Waals surface area contributed by atoms with Gasteiger partial charge in [0.15, 0.2) is 11.5 Å². The molecule has 1 N–H and O–H groups in total. The number of ether oxygens (including phenoxy) is 1. The summed E-state index contributed by atoms with van der Waals surface area (Å²) in [6.07, 6.45) is 1.26. The zero-order valence-electron chi connectivity index (χ0n) is 16.7. The summed E-state index contributed by atoms with van der Waals surface area (Å²) in [5.41, 5.74) is 2.49. The number of hydrogen-bond acceptors (Lipinski definition) is 8. The maximum atomic E-state index is 12.5. The number of nitrogens with zero attached hydrogens (tertiary/aromatic N) is 2. The van der Waals surface area contributed by atoms with E-state index >= 15 is 0 Å². The Balaban J connectivity index is 1.76. The van der Waals surface area contributed by atoms with Crippen molar-refractivity contribution >= 4 is 27.9 Å². The number of carbonyl (C=O) groups is 1. The molecule has 1 amide bonds. The van der Waals surface area contributed by atoms with Crippen LogP contribution in [0.2, 0.25) is 0 Å². The van der Waals surface area contributed by atoms with Crippen LogP contribution in [0.5, 0.6) is 11.5 Å². The quantitative estimate of drug-likeness (QED) is 0.238. The topological polar surface area (TPSA) is 137 Å². The third-order valence-corrected chi connectivity index (χ3v) is 5.37. The van der Waals surface area contributed by atoms with E-state index in [1.54, 1.807) is 24.3 Å². The van der Waals surface area contributed by atoms with Crippen molar-refractivity contribution in [1.29, 1.82) is 0 Å². The fourth-order valence-electron chi connectivity index (χ4n) is 2.58. The lowest BCUT2D eigenvalue weighted by atomic mass is 10.2. The molecule has 11 heteroatoms. The van der Waals surface area contributed by atoms with Crippen LogP contribution in [0.25, 0.3) is 0 Å². The number of non-ortho nitro benzene ring substituents is 1. The molecule has 0 atom stereocenters. The van der Waals surface area contributed by atoms with Crippen molar-refractivity contribution < 1.29 is 27.1 Å². The predicted octanol–water partition coefficient (Wildman–Crippen LogP) is 3.14. The Morgan fingerprint density at radius 2 is 1.78 bits per heavy atom. The zero-order chi connectivity index (χ0) is 23.1. The summed E-state index contributed by atoms with van der Waals surface area (Å²) in [5, 5.41) is 14.6. The van der Waals surface area contributed by atoms with Gasteiger partial charge < -0.3 is 8.92 Å². The molecule has 0 fully saturated rings. The van der Waals surface area contributed by atoms with E-state index in [4.69, 9.17) is 8.92 Å². The third-order valence-electron chi connectivity index (χ3n) is 4.12. The normalized spacial score (nSPS) is 11.2. The molecule has 0 heterocycles. The molecule has 0 bridgehead atoms. The van der Waals surface area contributed by atoms with Crippen molar-refractivity contribution in [1.82, 2.24) is 5.43 Å². The second kappa shape index (κ2) is 9.71. The van der Waals surface area contributed by atoms with Crippen LogP contribution in [-0.2, 0) is 10.1 Å². The van der Waals surface area contributed by atoms with Gasteiger partial charge in [-0.25, -0.2) is 5.43 Å². The largest absolute Gasteiger partial charge is 0.493 e. The summed E-state index contributed by atoms with van der Waals surface area (Å²) >= 11 is 0. The van der Waals surface area contributed by atoms with E-state index in [0.717, 1.165) is 6.07 Å². The molecular formula is C21H17N3O7S. The average Bonchev–Trinajstić information content (AvgIpc) is 2.79. The maximum absolute atomic E-state index is 12.5. The van der Waals surface area contributed by atoms with Crippen molar-refractivity contribution in [2.24, 2.45) is 5.10 Å². The van der Waals surface area contributed by atoms with Crippen LogP contribution in [0.15, 0.2) is 82.8 Å². The molecule has 10 nitrogen and oxygen atoms in total. The first kappa shape index (κ1) is 22.4. The molecule has 0 aliphatic carbocycles. The van der Waals surface area contributed by atoms with Crippen LogP contribution in [0.3, 0.4) is 0 Å². The van der Waals surface area contributed by atoms with Crippen LogP contribution < -0.4 is 14.3 Å². The highest BCUT2D eigenvalue weighted by Gasteiger charge is 2.19. The first-order chi connectivity index (χ1) is 15.3. The van der Waals surface area contributed by atoms with E-state index in [1.807, 2.05) is 0 Å². The van der Waals surface area contributed by atoms with Gasteiger partial charge in [0.1, 0.15) is 4.90 Å². The zero-order valence-corrected chi connectivity index (χ0v) is 17.5. The van der Waals surface area contributed by atoms with E-state index in [0.29, 0.717) is 5.56 Å². The highest BCUT2D eigenvalue weighted by Crippen LogP contribution is 2.30. The number of nitro benzene ring substituents is 1. The number of amides is 1. The van der Waals surface area contributed by atoms with Crippen molar-refractivity contribution in [3.05, 3.63) is 94.0 Å². The summed E-state index contributed by atoms with van der Waals surface area (Å²) in [6.45, 7) is 0. The Labute approximate surface area is 183 Å². The van der Waals surface area contributed by atoms with Crippen LogP contribution in [0.4, 0.5) is 5.69 Å². The minimum Gasteiger partial charge on any atom is -0.493 e. The standard InChI is InChI=1S/C21H17N3O7S/c1-30-19-11-10-15(12-20(19)31-32(28,29)18-8-3-2-4-9-18)14-22-23-21(25)16-6-5-7-17(13-16)24(26)27/h2-14H,1H3,(H,23,25)/b22-14-. The van der Waals surface area contributed by atoms with Gasteiger partial charge in [0.05, 0.1) is 18.2 Å². The van der Waals surface area contributed by atoms with Crippen LogP contribution in [0.1, 0.15) is 15.9 Å². The molecule has 0 saturated heterocycles. The van der Waals surface area contributed by atoms with Crippen LogP contribution in [0, 0.1) is 10.1 Å². The summed E-state index contributed by atoms with van der Waals surface area (Å²) in [6, 6.07) is 17.2. The van der Waals surface area contributed by atoms with Gasteiger partial charge in [-0.3, -0.25) is 14.9 Å². The third kappa shape index (κ3) is 5.46. The van der Waals surface area contributed by atoms with Gasteiger partial charge in [-0.2, -0.15) is 13.5 Å². The number of hydrogen-bond donors (Lipinski definition) is 1. The van der Waals surface area contributed by atoms with E-state index < -0.39 is 20.9 Å². The molecule has 3 aromatic carbocycles. The maximum Gasteiger partial charge on any atom is 0.339 e. The first-order valence-corrected chi connectivity index (χ1v) is 10.5. The van der Waals surface area contributed by atoms with Gasteiger partial charge in [0.25, 0.3) is 11.6 Å². The summed E-state index contributed by atoms with van der Waals surface area (Å²) in [5.74, 6) is -0.533. The molecule has 0 spiro atoms. The molecule has 164 valence electrons. The summed E-state index contributed by atoms with van der Waals surface area (Å²) in [7, 11) is -2.73. The van der Waals surface area contributed by atoms with Gasteiger partial charge in [0, 0.05) is 17.7 Å². The number of methoxy groups -OCH3 is 1. The lowest BCUT2D eigenvalue weighted by Crippen LogP contribution is -2.17. The fraction of sp³-hybridized carbons (Fsp3) is 0.0476. The van der Waals surface area contributed by atoms with Gasteiger partial charge in [-0.1, -0.05) is 24.3 Å². The first-order valence-electron chi connectivity index (χ1n) is 9.05. The van der Waals surface area contributed by atoms with Crippen molar-refractivity contribution in [3.8, 4) is 11.5 Å². The highest BCUT2D eigenvalue weighted by molar-refractivity contribution is 7.87. The number of rotatable bonds is 8. The monoisotopic (exact) mass is 455 g/mol. The lowest BCUT2D eigenvalue weighted by Gasteiger charge is -2.11. The molecule has 0 aliphatic rings. The van der Waals surface area contributed by atoms with E-state index in [1.165, 1.54) is 55.8 Å². The van der Waals surface area contributed by atoms with Crippen LogP contribution >= 0.6 is 0 Å². The fourth-order valence-corrected chi connectivity index (χ4v) is 3.54. The minimum atomic E-state index is -4.09. The number of benzene rings is 3. The number of hydrazone groups is 1.